The summed E-state index contributed by atoms with van der Waals surface area (Å²) in [7, 11) is 0. The first kappa shape index (κ1) is 23.3. The van der Waals surface area contributed by atoms with E-state index in [1.165, 1.54) is 16.8 Å². The van der Waals surface area contributed by atoms with Gasteiger partial charge in [0.05, 0.1) is 29.2 Å². The van der Waals surface area contributed by atoms with Crippen molar-refractivity contribution in [3.8, 4) is 5.69 Å². The Morgan fingerprint density at radius 1 is 1.12 bits per heavy atom. The second-order valence-corrected chi connectivity index (χ2v) is 7.85. The van der Waals surface area contributed by atoms with Crippen molar-refractivity contribution in [1.29, 1.82) is 0 Å². The number of hydrogen-bond acceptors (Lipinski definition) is 5. The van der Waals surface area contributed by atoms with E-state index < -0.39 is 11.6 Å². The summed E-state index contributed by atoms with van der Waals surface area (Å²) in [5.41, 5.74) is 3.19. The molecule has 0 aliphatic rings. The van der Waals surface area contributed by atoms with Gasteiger partial charge in [0.1, 0.15) is 17.3 Å². The molecule has 4 rings (SSSR count). The highest BCUT2D eigenvalue weighted by Crippen LogP contribution is 2.28. The molecular weight excluding hydrogens is 462 g/mol. The second kappa shape index (κ2) is 9.94. The number of nitrogens with one attached hydrogen (secondary N) is 1. The van der Waals surface area contributed by atoms with Crippen molar-refractivity contribution in [2.24, 2.45) is 0 Å². The zero-order valence-corrected chi connectivity index (χ0v) is 18.7. The fraction of sp³-hybridized carbons (Fsp3) is 0.0800. The van der Waals surface area contributed by atoms with Crippen LogP contribution in [0.2, 0.25) is 5.02 Å². The molecule has 1 heterocycles. The van der Waals surface area contributed by atoms with Crippen LogP contribution in [0, 0.1) is 18.6 Å². The van der Waals surface area contributed by atoms with Crippen LogP contribution in [0.4, 0.5) is 20.2 Å². The van der Waals surface area contributed by atoms with Gasteiger partial charge >= 0.3 is 0 Å². The van der Waals surface area contributed by atoms with Crippen LogP contribution < -0.4 is 5.32 Å². The number of halogens is 3. The lowest BCUT2D eigenvalue weighted by Crippen LogP contribution is -2.07. The Labute approximate surface area is 199 Å². The summed E-state index contributed by atoms with van der Waals surface area (Å²) in [6.07, 6.45) is 4.85. The zero-order valence-electron chi connectivity index (χ0n) is 18.0. The number of aromatic nitrogens is 3. The maximum Gasteiger partial charge on any atom is 0.194 e. The molecule has 34 heavy (non-hydrogen) atoms. The molecule has 4 aromatic rings. The van der Waals surface area contributed by atoms with Gasteiger partial charge in [-0.2, -0.15) is 0 Å². The van der Waals surface area contributed by atoms with Gasteiger partial charge in [0.15, 0.2) is 5.78 Å². The van der Waals surface area contributed by atoms with Crippen LogP contribution in [0.1, 0.15) is 27.2 Å². The van der Waals surface area contributed by atoms with E-state index in [0.717, 1.165) is 17.7 Å². The third-order valence-electron chi connectivity index (χ3n) is 5.06. The van der Waals surface area contributed by atoms with Gasteiger partial charge in [-0.1, -0.05) is 29.0 Å². The van der Waals surface area contributed by atoms with E-state index in [-0.39, 0.29) is 28.7 Å². The van der Waals surface area contributed by atoms with E-state index in [9.17, 15) is 13.6 Å². The van der Waals surface area contributed by atoms with Gasteiger partial charge in [-0.05, 0) is 61.0 Å². The van der Waals surface area contributed by atoms with Crippen LogP contribution in [0.15, 0.2) is 66.9 Å². The van der Waals surface area contributed by atoms with Crippen LogP contribution in [0.25, 0.3) is 11.8 Å². The normalized spacial score (nSPS) is 11.2. The predicted octanol–water partition coefficient (Wildman–Crippen LogP) is 5.49. The predicted molar refractivity (Wildman–Crippen MR) is 127 cm³/mol. The summed E-state index contributed by atoms with van der Waals surface area (Å²) in [5.74, 6) is -1.71. The molecule has 172 valence electrons. The number of benzene rings is 3. The van der Waals surface area contributed by atoms with E-state index in [1.807, 2.05) is 13.0 Å². The molecule has 0 bridgehead atoms. The van der Waals surface area contributed by atoms with E-state index in [2.05, 4.69) is 15.6 Å². The van der Waals surface area contributed by atoms with Crippen molar-refractivity contribution in [3.63, 3.8) is 0 Å². The van der Waals surface area contributed by atoms with Gasteiger partial charge in [0.25, 0.3) is 0 Å². The van der Waals surface area contributed by atoms with E-state index in [0.29, 0.717) is 22.6 Å². The lowest BCUT2D eigenvalue weighted by atomic mass is 9.98. The first-order valence-corrected chi connectivity index (χ1v) is 10.6. The zero-order chi connectivity index (χ0) is 24.2. The van der Waals surface area contributed by atoms with Crippen molar-refractivity contribution in [1.82, 2.24) is 15.0 Å². The molecule has 0 radical (unpaired) electrons. The molecule has 2 N–H and O–H groups in total. The Kier molecular flexibility index (Phi) is 6.81. The first-order chi connectivity index (χ1) is 16.4. The summed E-state index contributed by atoms with van der Waals surface area (Å²) >= 11 is 6.40. The number of hydrogen-bond donors (Lipinski definition) is 2. The van der Waals surface area contributed by atoms with Crippen molar-refractivity contribution in [2.45, 2.75) is 6.92 Å². The molecule has 6 nitrogen and oxygen atoms in total. The highest BCUT2D eigenvalue weighted by Gasteiger charge is 2.17. The number of aliphatic hydroxyl groups is 1. The molecular formula is C25H19ClF2N4O2. The smallest absolute Gasteiger partial charge is 0.194 e. The lowest BCUT2D eigenvalue weighted by Gasteiger charge is -2.12. The third-order valence-corrected chi connectivity index (χ3v) is 5.37. The summed E-state index contributed by atoms with van der Waals surface area (Å²) in [6, 6.07) is 13.2. The third kappa shape index (κ3) is 5.03. The molecule has 0 saturated heterocycles. The average Bonchev–Trinajstić information content (AvgIpc) is 3.28. The minimum absolute atomic E-state index is 0.0844. The van der Waals surface area contributed by atoms with Gasteiger partial charge in [-0.25, -0.2) is 13.5 Å². The summed E-state index contributed by atoms with van der Waals surface area (Å²) in [5, 5.41) is 20.0. The quantitative estimate of drug-likeness (QED) is 0.342. The summed E-state index contributed by atoms with van der Waals surface area (Å²) < 4.78 is 28.6. The SMILES string of the molecule is Cc1ccc(-n2cc(/C=C/CO)nn2)cc1C(=O)c1ccc(Nc2ccc(F)cc2F)cc1Cl. The number of ketones is 1. The van der Waals surface area contributed by atoms with Crippen LogP contribution in [-0.4, -0.2) is 32.5 Å². The fourth-order valence-electron chi connectivity index (χ4n) is 3.32. The van der Waals surface area contributed by atoms with Crippen LogP contribution in [0.3, 0.4) is 0 Å². The van der Waals surface area contributed by atoms with Crippen molar-refractivity contribution >= 4 is 34.8 Å². The maximum absolute atomic E-state index is 13.9. The number of nitrogens with zero attached hydrogens (tertiary/aromatic N) is 3. The molecule has 9 heteroatoms. The molecule has 0 unspecified atom stereocenters. The Morgan fingerprint density at radius 3 is 2.68 bits per heavy atom. The Morgan fingerprint density at radius 2 is 1.94 bits per heavy atom. The van der Waals surface area contributed by atoms with Crippen molar-refractivity contribution in [3.05, 3.63) is 106 Å². The topological polar surface area (TPSA) is 80.0 Å². The molecule has 0 amide bonds. The largest absolute Gasteiger partial charge is 0.392 e. The van der Waals surface area contributed by atoms with Crippen molar-refractivity contribution in [2.75, 3.05) is 11.9 Å². The Balaban J connectivity index is 1.60. The van der Waals surface area contributed by atoms with Gasteiger partial charge < -0.3 is 10.4 Å². The average molecular weight is 481 g/mol. The molecule has 3 aromatic carbocycles. The fourth-order valence-corrected chi connectivity index (χ4v) is 3.58. The highest BCUT2D eigenvalue weighted by molar-refractivity contribution is 6.35. The molecule has 0 spiro atoms. The number of aliphatic hydroxyl groups excluding tert-OH is 1. The summed E-state index contributed by atoms with van der Waals surface area (Å²) in [4.78, 5) is 13.3. The van der Waals surface area contributed by atoms with Gasteiger partial charge in [0, 0.05) is 22.9 Å². The number of carbonyl (C=O) groups excluding carboxylic acids is 1. The molecule has 0 atom stereocenters. The van der Waals surface area contributed by atoms with Crippen LogP contribution in [-0.2, 0) is 0 Å². The molecule has 0 aliphatic heterocycles. The maximum atomic E-state index is 13.9. The Hall–Kier alpha value is -3.88. The van der Waals surface area contributed by atoms with Gasteiger partial charge in [0.2, 0.25) is 0 Å². The number of carbonyl (C=O) groups is 1. The highest BCUT2D eigenvalue weighted by atomic mass is 35.5. The molecule has 0 aliphatic carbocycles. The monoisotopic (exact) mass is 480 g/mol. The number of anilines is 2. The minimum Gasteiger partial charge on any atom is -0.392 e. The number of aryl methyl sites for hydroxylation is 1. The van der Waals surface area contributed by atoms with Crippen LogP contribution in [0.5, 0.6) is 0 Å². The van der Waals surface area contributed by atoms with E-state index in [4.69, 9.17) is 16.7 Å². The molecule has 0 fully saturated rings. The lowest BCUT2D eigenvalue weighted by molar-refractivity contribution is 0.103. The molecule has 1 aromatic heterocycles. The molecule has 0 saturated carbocycles. The van der Waals surface area contributed by atoms with E-state index >= 15 is 0 Å². The van der Waals surface area contributed by atoms with Gasteiger partial charge in [-0.15, -0.1) is 5.10 Å². The second-order valence-electron chi connectivity index (χ2n) is 7.45. The standard InChI is InChI=1S/C25H19ClF2N4O2/c1-15-4-7-19(32-14-18(30-31-32)3-2-10-33)13-21(15)25(34)20-8-6-17(12-22(20)26)29-24-9-5-16(27)11-23(24)28/h2-9,11-14,29,33H,10H2,1H3/b3-2+. The van der Waals surface area contributed by atoms with Crippen LogP contribution >= 0.6 is 11.6 Å². The summed E-state index contributed by atoms with van der Waals surface area (Å²) in [6.45, 7) is 1.71. The minimum atomic E-state index is -0.744. The van der Waals surface area contributed by atoms with Crippen molar-refractivity contribution < 1.29 is 18.7 Å². The number of rotatable bonds is 7. The van der Waals surface area contributed by atoms with Gasteiger partial charge in [-0.3, -0.25) is 4.79 Å². The Bertz CT molecular complexity index is 1400. The first-order valence-electron chi connectivity index (χ1n) is 10.2. The van der Waals surface area contributed by atoms with E-state index in [1.54, 1.807) is 42.6 Å².